The number of hydrogen-bond acceptors (Lipinski definition) is 2. The van der Waals surface area contributed by atoms with Crippen molar-refractivity contribution in [2.75, 3.05) is 5.32 Å². The van der Waals surface area contributed by atoms with E-state index in [1.54, 1.807) is 6.07 Å². The van der Waals surface area contributed by atoms with Gasteiger partial charge in [-0.3, -0.25) is 9.89 Å². The topological polar surface area (TPSA) is 57.8 Å². The Bertz CT molecular complexity index is 852. The average Bonchev–Trinajstić information content (AvgIpc) is 3.24. The van der Waals surface area contributed by atoms with Gasteiger partial charge >= 0.3 is 0 Å². The van der Waals surface area contributed by atoms with Crippen LogP contribution in [0.4, 0.5) is 5.69 Å². The van der Waals surface area contributed by atoms with Crippen LogP contribution in [-0.4, -0.2) is 16.1 Å². The van der Waals surface area contributed by atoms with Crippen molar-refractivity contribution in [3.05, 3.63) is 71.4 Å². The summed E-state index contributed by atoms with van der Waals surface area (Å²) < 4.78 is 0. The molecule has 4 nitrogen and oxygen atoms in total. The molecule has 1 amide bonds. The zero-order valence-electron chi connectivity index (χ0n) is 12.7. The van der Waals surface area contributed by atoms with Crippen LogP contribution in [0.15, 0.2) is 54.6 Å². The molecule has 114 valence electrons. The molecule has 3 aromatic rings. The number of hydrogen-bond donors (Lipinski definition) is 2. The number of nitrogens with zero attached hydrogens (tertiary/aromatic N) is 1. The Kier molecular flexibility index (Phi) is 3.42. The Morgan fingerprint density at radius 2 is 1.83 bits per heavy atom. The predicted molar refractivity (Wildman–Crippen MR) is 90.4 cm³/mol. The van der Waals surface area contributed by atoms with Crippen molar-refractivity contribution < 1.29 is 4.79 Å². The fraction of sp³-hybridized carbons (Fsp3) is 0.158. The molecule has 0 atom stereocenters. The SMILES string of the molecule is O=C(Nc1ccc2c(c1)CCC2)c1cc(-c2ccccc2)n[nH]1. The minimum atomic E-state index is -0.169. The quantitative estimate of drug-likeness (QED) is 0.773. The molecule has 0 saturated heterocycles. The number of anilines is 1. The third-order valence-corrected chi connectivity index (χ3v) is 4.25. The van der Waals surface area contributed by atoms with Crippen LogP contribution in [0, 0.1) is 0 Å². The molecule has 4 heteroatoms. The molecule has 4 rings (SSSR count). The average molecular weight is 303 g/mol. The molecule has 1 aromatic heterocycles. The van der Waals surface area contributed by atoms with Crippen molar-refractivity contribution in [1.29, 1.82) is 0 Å². The molecule has 0 aliphatic heterocycles. The van der Waals surface area contributed by atoms with E-state index < -0.39 is 0 Å². The maximum absolute atomic E-state index is 12.4. The number of amides is 1. The van der Waals surface area contributed by atoms with Crippen LogP contribution in [0.1, 0.15) is 28.0 Å². The van der Waals surface area contributed by atoms with Gasteiger partial charge in [-0.05, 0) is 48.6 Å². The first-order valence-electron chi connectivity index (χ1n) is 7.83. The molecule has 0 saturated carbocycles. The van der Waals surface area contributed by atoms with Crippen LogP contribution in [0.3, 0.4) is 0 Å². The van der Waals surface area contributed by atoms with Crippen LogP contribution >= 0.6 is 0 Å². The number of carbonyl (C=O) groups is 1. The summed E-state index contributed by atoms with van der Waals surface area (Å²) in [7, 11) is 0. The van der Waals surface area contributed by atoms with Crippen molar-refractivity contribution in [3.8, 4) is 11.3 Å². The second kappa shape index (κ2) is 5.72. The number of carbonyl (C=O) groups excluding carboxylic acids is 1. The number of nitrogens with one attached hydrogen (secondary N) is 2. The number of rotatable bonds is 3. The van der Waals surface area contributed by atoms with E-state index in [1.165, 1.54) is 17.5 Å². The Labute approximate surface area is 134 Å². The van der Waals surface area contributed by atoms with E-state index in [0.717, 1.165) is 29.8 Å². The summed E-state index contributed by atoms with van der Waals surface area (Å²) in [5, 5.41) is 9.98. The van der Waals surface area contributed by atoms with Gasteiger partial charge in [0.2, 0.25) is 0 Å². The molecule has 0 bridgehead atoms. The highest BCUT2D eigenvalue weighted by molar-refractivity contribution is 6.03. The number of aromatic nitrogens is 2. The van der Waals surface area contributed by atoms with E-state index in [1.807, 2.05) is 36.4 Å². The molecule has 2 N–H and O–H groups in total. The summed E-state index contributed by atoms with van der Waals surface area (Å²) in [5.74, 6) is -0.169. The Morgan fingerprint density at radius 3 is 2.70 bits per heavy atom. The minimum Gasteiger partial charge on any atom is -0.321 e. The van der Waals surface area contributed by atoms with Crippen LogP contribution in [0.2, 0.25) is 0 Å². The summed E-state index contributed by atoms with van der Waals surface area (Å²) in [5.41, 5.74) is 5.80. The maximum Gasteiger partial charge on any atom is 0.273 e. The fourth-order valence-corrected chi connectivity index (χ4v) is 3.04. The first kappa shape index (κ1) is 13.8. The van der Waals surface area contributed by atoms with Gasteiger partial charge in [0.05, 0.1) is 5.69 Å². The first-order chi connectivity index (χ1) is 11.3. The fourth-order valence-electron chi connectivity index (χ4n) is 3.04. The standard InChI is InChI=1S/C19H17N3O/c23-19(20-16-10-9-13-7-4-8-15(13)11-16)18-12-17(21-22-18)14-5-2-1-3-6-14/h1-3,5-6,9-12H,4,7-8H2,(H,20,23)(H,21,22). The zero-order valence-corrected chi connectivity index (χ0v) is 12.7. The normalized spacial score (nSPS) is 12.9. The van der Waals surface area contributed by atoms with Crippen molar-refractivity contribution >= 4 is 11.6 Å². The van der Waals surface area contributed by atoms with E-state index >= 15 is 0 Å². The van der Waals surface area contributed by atoms with Crippen molar-refractivity contribution in [1.82, 2.24) is 10.2 Å². The monoisotopic (exact) mass is 303 g/mol. The highest BCUT2D eigenvalue weighted by atomic mass is 16.1. The summed E-state index contributed by atoms with van der Waals surface area (Å²) >= 11 is 0. The Hall–Kier alpha value is -2.88. The van der Waals surface area contributed by atoms with Gasteiger partial charge in [0.1, 0.15) is 5.69 Å². The van der Waals surface area contributed by atoms with Gasteiger partial charge in [0, 0.05) is 11.3 Å². The highest BCUT2D eigenvalue weighted by Gasteiger charge is 2.14. The molecule has 0 spiro atoms. The summed E-state index contributed by atoms with van der Waals surface area (Å²) in [6.45, 7) is 0. The predicted octanol–water partition coefficient (Wildman–Crippen LogP) is 3.82. The van der Waals surface area contributed by atoms with Crippen LogP contribution < -0.4 is 5.32 Å². The van der Waals surface area contributed by atoms with Crippen LogP contribution in [0.25, 0.3) is 11.3 Å². The van der Waals surface area contributed by atoms with Gasteiger partial charge in [-0.15, -0.1) is 0 Å². The lowest BCUT2D eigenvalue weighted by Gasteiger charge is -2.06. The molecule has 1 aliphatic carbocycles. The summed E-state index contributed by atoms with van der Waals surface area (Å²) in [6, 6.07) is 17.7. The van der Waals surface area contributed by atoms with Gasteiger partial charge in [0.25, 0.3) is 5.91 Å². The van der Waals surface area contributed by atoms with E-state index in [2.05, 4.69) is 27.6 Å². The lowest BCUT2D eigenvalue weighted by molar-refractivity contribution is 0.102. The van der Waals surface area contributed by atoms with Gasteiger partial charge in [-0.2, -0.15) is 5.10 Å². The third-order valence-electron chi connectivity index (χ3n) is 4.25. The van der Waals surface area contributed by atoms with E-state index in [-0.39, 0.29) is 5.91 Å². The molecule has 1 heterocycles. The second-order valence-corrected chi connectivity index (χ2v) is 5.82. The van der Waals surface area contributed by atoms with E-state index in [4.69, 9.17) is 0 Å². The van der Waals surface area contributed by atoms with Crippen LogP contribution in [0.5, 0.6) is 0 Å². The molecule has 1 aliphatic rings. The number of aromatic amines is 1. The van der Waals surface area contributed by atoms with Crippen molar-refractivity contribution in [2.45, 2.75) is 19.3 Å². The van der Waals surface area contributed by atoms with Crippen molar-refractivity contribution in [2.24, 2.45) is 0 Å². The zero-order chi connectivity index (χ0) is 15.6. The van der Waals surface area contributed by atoms with Gasteiger partial charge in [-0.1, -0.05) is 36.4 Å². The smallest absolute Gasteiger partial charge is 0.273 e. The van der Waals surface area contributed by atoms with E-state index in [0.29, 0.717) is 5.69 Å². The number of benzene rings is 2. The largest absolute Gasteiger partial charge is 0.321 e. The molecule has 2 aromatic carbocycles. The first-order valence-corrected chi connectivity index (χ1v) is 7.83. The highest BCUT2D eigenvalue weighted by Crippen LogP contribution is 2.25. The molecular weight excluding hydrogens is 286 g/mol. The lowest BCUT2D eigenvalue weighted by atomic mass is 10.1. The number of fused-ring (bicyclic) bond motifs is 1. The maximum atomic E-state index is 12.4. The molecule has 0 radical (unpaired) electrons. The number of aryl methyl sites for hydroxylation is 2. The van der Waals surface area contributed by atoms with Gasteiger partial charge < -0.3 is 5.32 Å². The van der Waals surface area contributed by atoms with Gasteiger partial charge in [-0.25, -0.2) is 0 Å². The molecular formula is C19H17N3O. The lowest BCUT2D eigenvalue weighted by Crippen LogP contribution is -2.12. The number of H-pyrrole nitrogens is 1. The van der Waals surface area contributed by atoms with Crippen LogP contribution in [-0.2, 0) is 12.8 Å². The molecule has 0 unspecified atom stereocenters. The second-order valence-electron chi connectivity index (χ2n) is 5.82. The Morgan fingerprint density at radius 1 is 1.00 bits per heavy atom. The minimum absolute atomic E-state index is 0.169. The van der Waals surface area contributed by atoms with Crippen molar-refractivity contribution in [3.63, 3.8) is 0 Å². The Balaban J connectivity index is 1.52. The summed E-state index contributed by atoms with van der Waals surface area (Å²) in [6.07, 6.45) is 3.44. The molecule has 0 fully saturated rings. The van der Waals surface area contributed by atoms with E-state index in [9.17, 15) is 4.79 Å². The molecule has 23 heavy (non-hydrogen) atoms. The van der Waals surface area contributed by atoms with Gasteiger partial charge in [0.15, 0.2) is 0 Å². The third kappa shape index (κ3) is 2.75. The summed E-state index contributed by atoms with van der Waals surface area (Å²) in [4.78, 5) is 12.4.